The van der Waals surface area contributed by atoms with Crippen molar-refractivity contribution in [1.82, 2.24) is 16.0 Å². The second-order valence-electron chi connectivity index (χ2n) is 8.46. The van der Waals surface area contributed by atoms with Crippen LogP contribution in [-0.4, -0.2) is 74.0 Å². The molecule has 2 aliphatic rings. The molecule has 206 valence electrons. The SMILES string of the molecule is O=C(CCCC[C@@H]1SC[C@@H]2NC(=O)N[C@@H]21)NCCOCCOCCC(=O)Oc1c(F)c(F)cc(F)c1F. The number of ether oxygens (including phenoxy) is 3. The van der Waals surface area contributed by atoms with E-state index in [1.807, 2.05) is 11.8 Å². The van der Waals surface area contributed by atoms with Gasteiger partial charge in [-0.25, -0.2) is 13.6 Å². The Morgan fingerprint density at radius 1 is 0.973 bits per heavy atom. The molecule has 14 heteroatoms. The zero-order valence-corrected chi connectivity index (χ0v) is 20.8. The molecule has 0 aromatic heterocycles. The van der Waals surface area contributed by atoms with Crippen molar-refractivity contribution in [2.75, 3.05) is 38.7 Å². The largest absolute Gasteiger partial charge is 0.420 e. The summed E-state index contributed by atoms with van der Waals surface area (Å²) in [7, 11) is 0. The monoisotopic (exact) mass is 551 g/mol. The van der Waals surface area contributed by atoms with Gasteiger partial charge in [0.15, 0.2) is 11.6 Å². The smallest absolute Gasteiger partial charge is 0.315 e. The van der Waals surface area contributed by atoms with Gasteiger partial charge in [-0.15, -0.1) is 0 Å². The molecule has 0 radical (unpaired) electrons. The lowest BCUT2D eigenvalue weighted by molar-refractivity contribution is -0.136. The van der Waals surface area contributed by atoms with E-state index < -0.39 is 41.4 Å². The molecule has 0 bridgehead atoms. The summed E-state index contributed by atoms with van der Waals surface area (Å²) in [4.78, 5) is 34.9. The Kier molecular flexibility index (Phi) is 11.3. The van der Waals surface area contributed by atoms with Crippen LogP contribution >= 0.6 is 11.8 Å². The number of halogens is 4. The third-order valence-electron chi connectivity index (χ3n) is 5.76. The minimum absolute atomic E-state index is 0.0131. The molecule has 37 heavy (non-hydrogen) atoms. The quantitative estimate of drug-likeness (QED) is 0.0766. The van der Waals surface area contributed by atoms with Crippen molar-refractivity contribution >= 4 is 29.7 Å². The molecule has 2 heterocycles. The highest BCUT2D eigenvalue weighted by Gasteiger charge is 2.42. The second kappa shape index (κ2) is 14.4. The van der Waals surface area contributed by atoms with Crippen LogP contribution in [0.5, 0.6) is 5.75 Å². The van der Waals surface area contributed by atoms with E-state index in [-0.39, 0.29) is 56.5 Å². The van der Waals surface area contributed by atoms with Gasteiger partial charge in [-0.1, -0.05) is 6.42 Å². The van der Waals surface area contributed by atoms with Crippen LogP contribution in [0.15, 0.2) is 6.07 Å². The van der Waals surface area contributed by atoms with E-state index in [9.17, 15) is 31.9 Å². The number of esters is 1. The average Bonchev–Trinajstić information content (AvgIpc) is 3.41. The van der Waals surface area contributed by atoms with Gasteiger partial charge in [-0.3, -0.25) is 9.59 Å². The van der Waals surface area contributed by atoms with Crippen LogP contribution in [0.2, 0.25) is 0 Å². The Hall–Kier alpha value is -2.58. The van der Waals surface area contributed by atoms with E-state index in [1.54, 1.807) is 0 Å². The third kappa shape index (κ3) is 8.75. The van der Waals surface area contributed by atoms with Crippen molar-refractivity contribution in [1.29, 1.82) is 0 Å². The fraction of sp³-hybridized carbons (Fsp3) is 0.609. The zero-order valence-electron chi connectivity index (χ0n) is 20.0. The molecule has 2 fully saturated rings. The van der Waals surface area contributed by atoms with Crippen molar-refractivity contribution in [2.45, 2.75) is 49.4 Å². The first-order valence-electron chi connectivity index (χ1n) is 11.9. The topological polar surface area (TPSA) is 115 Å². The number of hydrogen-bond acceptors (Lipinski definition) is 7. The Bertz CT molecular complexity index is 947. The molecule has 0 spiro atoms. The molecule has 3 N–H and O–H groups in total. The first-order valence-corrected chi connectivity index (χ1v) is 13.0. The molecule has 9 nitrogen and oxygen atoms in total. The summed E-state index contributed by atoms with van der Waals surface area (Å²) < 4.78 is 68.0. The summed E-state index contributed by atoms with van der Waals surface area (Å²) in [6, 6.07) is 0.273. The third-order valence-corrected chi connectivity index (χ3v) is 7.27. The summed E-state index contributed by atoms with van der Waals surface area (Å²) in [5.74, 6) is -8.68. The van der Waals surface area contributed by atoms with E-state index in [4.69, 9.17) is 9.47 Å². The first kappa shape index (κ1) is 29.0. The maximum absolute atomic E-state index is 13.5. The number of thioether (sulfide) groups is 1. The molecule has 2 aliphatic heterocycles. The summed E-state index contributed by atoms with van der Waals surface area (Å²) in [5, 5.41) is 8.99. The number of amides is 3. The van der Waals surface area contributed by atoms with E-state index in [1.165, 1.54) is 0 Å². The maximum Gasteiger partial charge on any atom is 0.315 e. The van der Waals surface area contributed by atoms with Crippen molar-refractivity contribution in [3.05, 3.63) is 29.3 Å². The number of benzene rings is 1. The minimum atomic E-state index is -1.80. The van der Waals surface area contributed by atoms with Crippen LogP contribution < -0.4 is 20.7 Å². The summed E-state index contributed by atoms with van der Waals surface area (Å²) >= 11 is 1.85. The molecular weight excluding hydrogens is 522 g/mol. The zero-order chi connectivity index (χ0) is 26.8. The Morgan fingerprint density at radius 3 is 2.41 bits per heavy atom. The predicted octanol–water partition coefficient (Wildman–Crippen LogP) is 2.41. The average molecular weight is 552 g/mol. The predicted molar refractivity (Wildman–Crippen MR) is 125 cm³/mol. The van der Waals surface area contributed by atoms with Gasteiger partial charge in [0.05, 0.1) is 44.9 Å². The fourth-order valence-corrected chi connectivity index (χ4v) is 5.45. The highest BCUT2D eigenvalue weighted by molar-refractivity contribution is 8.00. The fourth-order valence-electron chi connectivity index (χ4n) is 3.91. The number of urea groups is 1. The molecule has 2 saturated heterocycles. The first-order chi connectivity index (χ1) is 17.8. The Balaban J connectivity index is 1.14. The number of unbranched alkanes of at least 4 members (excludes halogenated alkanes) is 1. The van der Waals surface area contributed by atoms with Crippen LogP contribution in [0.25, 0.3) is 0 Å². The number of fused-ring (bicyclic) bond motifs is 1. The van der Waals surface area contributed by atoms with E-state index in [0.717, 1.165) is 25.0 Å². The number of carbonyl (C=O) groups is 3. The molecule has 3 atom stereocenters. The van der Waals surface area contributed by atoms with Gasteiger partial charge >= 0.3 is 12.0 Å². The Labute approximate surface area is 215 Å². The number of hydrogen-bond donors (Lipinski definition) is 3. The molecular formula is C23H29F4N3O6S. The maximum atomic E-state index is 13.5. The van der Waals surface area contributed by atoms with Gasteiger partial charge in [0.2, 0.25) is 23.3 Å². The standard InChI is InChI=1S/C23H29F4N3O6S/c24-13-11-14(25)20(27)22(19(13)26)36-18(32)5-7-34-9-10-35-8-6-28-17(31)4-2-1-3-16-21-15(12-37-16)29-23(33)30-21/h11,15-16,21H,1-10,12H2,(H,28,31)(H2,29,30,33)/t15-,16-,21-/m0/s1. The van der Waals surface area contributed by atoms with Crippen molar-refractivity contribution < 1.29 is 46.2 Å². The number of rotatable bonds is 15. The summed E-state index contributed by atoms with van der Waals surface area (Å²) in [6.07, 6.45) is 2.60. The summed E-state index contributed by atoms with van der Waals surface area (Å²) in [5.41, 5.74) is 0. The van der Waals surface area contributed by atoms with E-state index in [2.05, 4.69) is 20.7 Å². The minimum Gasteiger partial charge on any atom is -0.420 e. The normalized spacial score (nSPS) is 20.3. The summed E-state index contributed by atoms with van der Waals surface area (Å²) in [6.45, 7) is 0.705. The van der Waals surface area contributed by atoms with Crippen molar-refractivity contribution in [2.24, 2.45) is 0 Å². The molecule has 0 unspecified atom stereocenters. The van der Waals surface area contributed by atoms with Crippen molar-refractivity contribution in [3.63, 3.8) is 0 Å². The highest BCUT2D eigenvalue weighted by Crippen LogP contribution is 2.33. The van der Waals surface area contributed by atoms with Crippen LogP contribution in [0.1, 0.15) is 32.1 Å². The number of nitrogens with one attached hydrogen (secondary N) is 3. The van der Waals surface area contributed by atoms with Crippen molar-refractivity contribution in [3.8, 4) is 5.75 Å². The lowest BCUT2D eigenvalue weighted by Gasteiger charge is -2.16. The van der Waals surface area contributed by atoms with Gasteiger partial charge in [0.1, 0.15) is 0 Å². The van der Waals surface area contributed by atoms with Crippen LogP contribution in [0, 0.1) is 23.3 Å². The van der Waals surface area contributed by atoms with Gasteiger partial charge < -0.3 is 30.2 Å². The highest BCUT2D eigenvalue weighted by atomic mass is 32.2. The molecule has 3 rings (SSSR count). The molecule has 0 aliphatic carbocycles. The molecule has 0 saturated carbocycles. The Morgan fingerprint density at radius 2 is 1.68 bits per heavy atom. The lowest BCUT2D eigenvalue weighted by atomic mass is 10.0. The molecule has 3 amide bonds. The van der Waals surface area contributed by atoms with Gasteiger partial charge in [-0.2, -0.15) is 20.5 Å². The van der Waals surface area contributed by atoms with E-state index >= 15 is 0 Å². The van der Waals surface area contributed by atoms with Crippen LogP contribution in [0.4, 0.5) is 22.4 Å². The second-order valence-corrected chi connectivity index (χ2v) is 9.74. The lowest BCUT2D eigenvalue weighted by Crippen LogP contribution is -2.36. The molecule has 1 aromatic rings. The van der Waals surface area contributed by atoms with E-state index in [0.29, 0.717) is 18.2 Å². The van der Waals surface area contributed by atoms with Crippen LogP contribution in [0.3, 0.4) is 0 Å². The number of carbonyl (C=O) groups excluding carboxylic acids is 3. The van der Waals surface area contributed by atoms with Crippen LogP contribution in [-0.2, 0) is 19.1 Å². The van der Waals surface area contributed by atoms with Gasteiger partial charge in [0, 0.05) is 30.0 Å². The van der Waals surface area contributed by atoms with Gasteiger partial charge in [0.25, 0.3) is 0 Å². The van der Waals surface area contributed by atoms with Gasteiger partial charge in [-0.05, 0) is 12.8 Å². The molecule has 1 aromatic carbocycles.